The summed E-state index contributed by atoms with van der Waals surface area (Å²) in [5.74, 6) is 2.59. The Bertz CT molecular complexity index is 991. The molecule has 0 unspecified atom stereocenters. The lowest BCUT2D eigenvalue weighted by Crippen LogP contribution is -2.06. The lowest BCUT2D eigenvalue weighted by molar-refractivity contribution is 0.354. The van der Waals surface area contributed by atoms with E-state index in [2.05, 4.69) is 29.1 Å². The van der Waals surface area contributed by atoms with Crippen LogP contribution in [0, 0.1) is 0 Å². The van der Waals surface area contributed by atoms with Gasteiger partial charge in [0, 0.05) is 28.9 Å². The second-order valence-corrected chi connectivity index (χ2v) is 7.41. The highest BCUT2D eigenvalue weighted by molar-refractivity contribution is 6.30. The Balaban J connectivity index is 1.87. The van der Waals surface area contributed by atoms with Crippen LogP contribution in [0.5, 0.6) is 11.5 Å². The fourth-order valence-corrected chi connectivity index (χ4v) is 3.24. The third kappa shape index (κ3) is 4.90. The maximum absolute atomic E-state index is 6.23. The zero-order valence-corrected chi connectivity index (χ0v) is 17.7. The van der Waals surface area contributed by atoms with E-state index in [1.165, 1.54) is 5.56 Å². The Morgan fingerprint density at radius 3 is 2.28 bits per heavy atom. The van der Waals surface area contributed by atoms with Gasteiger partial charge >= 0.3 is 0 Å². The van der Waals surface area contributed by atoms with Gasteiger partial charge in [0.05, 0.1) is 14.2 Å². The fraction of sp³-hybridized carbons (Fsp3) is 0.273. The smallest absolute Gasteiger partial charge is 0.229 e. The molecule has 29 heavy (non-hydrogen) atoms. The maximum atomic E-state index is 6.23. The summed E-state index contributed by atoms with van der Waals surface area (Å²) in [5.41, 5.74) is 10.2. The van der Waals surface area contributed by atoms with Gasteiger partial charge in [-0.05, 0) is 53.4 Å². The molecule has 0 radical (unpaired) electrons. The Hall–Kier alpha value is -2.99. The van der Waals surface area contributed by atoms with E-state index >= 15 is 0 Å². The fourth-order valence-electron chi connectivity index (χ4n) is 3.11. The summed E-state index contributed by atoms with van der Waals surface area (Å²) in [5, 5.41) is 3.80. The van der Waals surface area contributed by atoms with E-state index in [1.54, 1.807) is 32.5 Å². The summed E-state index contributed by atoms with van der Waals surface area (Å²) >= 11 is 5.92. The Labute approximate surface area is 176 Å². The van der Waals surface area contributed by atoms with Crippen LogP contribution < -0.4 is 20.5 Å². The first-order valence-corrected chi connectivity index (χ1v) is 9.67. The van der Waals surface area contributed by atoms with Crippen molar-refractivity contribution in [1.82, 2.24) is 9.97 Å². The zero-order valence-electron chi connectivity index (χ0n) is 17.0. The third-order valence-electron chi connectivity index (χ3n) is 4.65. The molecule has 0 aliphatic rings. The van der Waals surface area contributed by atoms with Gasteiger partial charge in [-0.15, -0.1) is 0 Å². The number of nitrogens with two attached hydrogens (primary N) is 1. The average molecular weight is 413 g/mol. The van der Waals surface area contributed by atoms with Crippen LogP contribution in [0.15, 0.2) is 42.6 Å². The van der Waals surface area contributed by atoms with Gasteiger partial charge in [-0.25, -0.2) is 4.98 Å². The van der Waals surface area contributed by atoms with Gasteiger partial charge in [0.15, 0.2) is 11.5 Å². The third-order valence-corrected chi connectivity index (χ3v) is 4.90. The summed E-state index contributed by atoms with van der Waals surface area (Å²) in [7, 11) is 3.27. The van der Waals surface area contributed by atoms with Gasteiger partial charge in [0.2, 0.25) is 5.95 Å². The summed E-state index contributed by atoms with van der Waals surface area (Å²) in [6, 6.07) is 11.3. The van der Waals surface area contributed by atoms with Crippen LogP contribution in [0.3, 0.4) is 0 Å². The average Bonchev–Trinajstić information content (AvgIpc) is 2.71. The first kappa shape index (κ1) is 20.7. The summed E-state index contributed by atoms with van der Waals surface area (Å²) in [6.45, 7) is 4.29. The molecule has 1 aromatic heterocycles. The van der Waals surface area contributed by atoms with Crippen LogP contribution in [0.1, 0.15) is 36.5 Å². The predicted molar refractivity (Wildman–Crippen MR) is 118 cm³/mol. The normalized spacial score (nSPS) is 10.8. The zero-order chi connectivity index (χ0) is 21.0. The van der Waals surface area contributed by atoms with Gasteiger partial charge in [0.25, 0.3) is 0 Å². The van der Waals surface area contributed by atoms with Crippen molar-refractivity contribution < 1.29 is 9.47 Å². The summed E-state index contributed by atoms with van der Waals surface area (Å²) < 4.78 is 10.9. The molecule has 3 rings (SSSR count). The van der Waals surface area contributed by atoms with Crippen molar-refractivity contribution in [1.29, 1.82) is 0 Å². The molecule has 2 aromatic carbocycles. The van der Waals surface area contributed by atoms with Crippen molar-refractivity contribution in [2.45, 2.75) is 26.2 Å². The van der Waals surface area contributed by atoms with E-state index < -0.39 is 0 Å². The maximum Gasteiger partial charge on any atom is 0.229 e. The number of hydrogen-bond donors (Lipinski definition) is 2. The van der Waals surface area contributed by atoms with Crippen molar-refractivity contribution >= 4 is 29.1 Å². The molecule has 3 aromatic rings. The lowest BCUT2D eigenvalue weighted by atomic mass is 9.92. The second kappa shape index (κ2) is 9.01. The van der Waals surface area contributed by atoms with Crippen molar-refractivity contribution in [3.05, 3.63) is 64.3 Å². The first-order valence-electron chi connectivity index (χ1n) is 9.30. The first-order chi connectivity index (χ1) is 13.9. The number of nitrogens with zero attached hydrogens (tertiary/aromatic N) is 2. The Morgan fingerprint density at radius 1 is 1.03 bits per heavy atom. The molecule has 0 saturated heterocycles. The molecule has 3 N–H and O–H groups in total. The number of ether oxygens (including phenoxy) is 2. The van der Waals surface area contributed by atoms with Crippen LogP contribution >= 0.6 is 11.6 Å². The minimum absolute atomic E-state index is 0.317. The number of anilines is 3. The van der Waals surface area contributed by atoms with E-state index in [9.17, 15) is 0 Å². The van der Waals surface area contributed by atoms with Crippen molar-refractivity contribution in [3.63, 3.8) is 0 Å². The Kier molecular flexibility index (Phi) is 6.44. The van der Waals surface area contributed by atoms with Gasteiger partial charge in [-0.2, -0.15) is 4.98 Å². The SMILES string of the molecule is COc1cc(Cc2cnc(Nc3ccc(Cl)cc3)nc2N)c(C(C)C)cc1OC. The molecule has 0 bridgehead atoms. The highest BCUT2D eigenvalue weighted by atomic mass is 35.5. The minimum Gasteiger partial charge on any atom is -0.493 e. The number of hydrogen-bond acceptors (Lipinski definition) is 6. The number of aromatic nitrogens is 2. The lowest BCUT2D eigenvalue weighted by Gasteiger charge is -2.18. The standard InChI is InChI=1S/C22H25ClN4O2/c1-13(2)18-11-20(29-4)19(28-3)10-14(18)9-15-12-25-22(27-21(15)24)26-17-7-5-16(23)6-8-17/h5-8,10-13H,9H2,1-4H3,(H3,24,25,26,27). The monoisotopic (exact) mass is 412 g/mol. The van der Waals surface area contributed by atoms with Gasteiger partial charge < -0.3 is 20.5 Å². The minimum atomic E-state index is 0.317. The molecular formula is C22H25ClN4O2. The molecule has 0 aliphatic heterocycles. The van der Waals surface area contributed by atoms with E-state index in [4.69, 9.17) is 26.8 Å². The van der Waals surface area contributed by atoms with Crippen LogP contribution in [-0.2, 0) is 6.42 Å². The second-order valence-electron chi connectivity index (χ2n) is 6.97. The number of rotatable bonds is 7. The quantitative estimate of drug-likeness (QED) is 0.555. The molecule has 0 fully saturated rings. The van der Waals surface area contributed by atoms with E-state index in [-0.39, 0.29) is 0 Å². The molecule has 0 spiro atoms. The topological polar surface area (TPSA) is 82.3 Å². The summed E-state index contributed by atoms with van der Waals surface area (Å²) in [4.78, 5) is 8.82. The molecule has 0 atom stereocenters. The van der Waals surface area contributed by atoms with Crippen molar-refractivity contribution in [2.75, 3.05) is 25.3 Å². The molecule has 152 valence electrons. The Morgan fingerprint density at radius 2 is 1.69 bits per heavy atom. The van der Waals surface area contributed by atoms with E-state index in [1.807, 2.05) is 24.3 Å². The van der Waals surface area contributed by atoms with Gasteiger partial charge in [-0.1, -0.05) is 25.4 Å². The largest absolute Gasteiger partial charge is 0.493 e. The number of nitrogen functional groups attached to an aromatic ring is 1. The van der Waals surface area contributed by atoms with Crippen molar-refractivity contribution in [2.24, 2.45) is 0 Å². The van der Waals surface area contributed by atoms with Crippen LogP contribution in [0.25, 0.3) is 0 Å². The number of methoxy groups -OCH3 is 2. The van der Waals surface area contributed by atoms with Crippen molar-refractivity contribution in [3.8, 4) is 11.5 Å². The molecule has 0 saturated carbocycles. The highest BCUT2D eigenvalue weighted by Crippen LogP contribution is 2.35. The van der Waals surface area contributed by atoms with Gasteiger partial charge in [0.1, 0.15) is 5.82 Å². The number of nitrogens with one attached hydrogen (secondary N) is 1. The van der Waals surface area contributed by atoms with E-state index in [0.717, 1.165) is 16.8 Å². The molecular weight excluding hydrogens is 388 g/mol. The number of benzene rings is 2. The molecule has 1 heterocycles. The van der Waals surface area contributed by atoms with Crippen LogP contribution in [0.2, 0.25) is 5.02 Å². The van der Waals surface area contributed by atoms with Crippen LogP contribution in [0.4, 0.5) is 17.5 Å². The molecule has 6 nitrogen and oxygen atoms in total. The molecule has 0 aliphatic carbocycles. The highest BCUT2D eigenvalue weighted by Gasteiger charge is 2.16. The van der Waals surface area contributed by atoms with E-state index in [0.29, 0.717) is 40.6 Å². The molecule has 7 heteroatoms. The summed E-state index contributed by atoms with van der Waals surface area (Å²) in [6.07, 6.45) is 2.35. The predicted octanol–water partition coefficient (Wildman–Crippen LogP) is 5.19. The number of halogens is 1. The van der Waals surface area contributed by atoms with Crippen LogP contribution in [-0.4, -0.2) is 24.2 Å². The molecule has 0 amide bonds. The van der Waals surface area contributed by atoms with Gasteiger partial charge in [-0.3, -0.25) is 0 Å².